The van der Waals surface area contributed by atoms with E-state index < -0.39 is 11.9 Å². The first-order valence-corrected chi connectivity index (χ1v) is 9.57. The van der Waals surface area contributed by atoms with E-state index in [2.05, 4.69) is 5.32 Å². The lowest BCUT2D eigenvalue weighted by molar-refractivity contribution is -0.119. The van der Waals surface area contributed by atoms with Gasteiger partial charge >= 0.3 is 5.97 Å². The average molecular weight is 399 g/mol. The summed E-state index contributed by atoms with van der Waals surface area (Å²) in [5.74, 6) is 0.364. The van der Waals surface area contributed by atoms with Crippen LogP contribution in [0.15, 0.2) is 30.3 Å². The van der Waals surface area contributed by atoms with Crippen LogP contribution in [-0.4, -0.2) is 32.2 Å². The van der Waals surface area contributed by atoms with E-state index in [1.54, 1.807) is 18.2 Å². The van der Waals surface area contributed by atoms with Gasteiger partial charge in [-0.15, -0.1) is 0 Å². The Morgan fingerprint density at radius 2 is 1.66 bits per heavy atom. The number of nitrogens with one attached hydrogen (secondary N) is 1. The summed E-state index contributed by atoms with van der Waals surface area (Å²) in [6.07, 6.45) is 0. The van der Waals surface area contributed by atoms with Crippen molar-refractivity contribution in [2.75, 3.05) is 25.6 Å². The van der Waals surface area contributed by atoms with Crippen LogP contribution in [0.2, 0.25) is 0 Å². The van der Waals surface area contributed by atoms with E-state index in [1.807, 2.05) is 46.8 Å². The smallest absolute Gasteiger partial charge is 0.338 e. The molecule has 2 aromatic rings. The number of benzene rings is 2. The van der Waals surface area contributed by atoms with E-state index in [0.717, 1.165) is 22.4 Å². The van der Waals surface area contributed by atoms with Crippen molar-refractivity contribution in [3.05, 3.63) is 52.6 Å². The molecule has 0 heterocycles. The van der Waals surface area contributed by atoms with Crippen molar-refractivity contribution >= 4 is 17.6 Å². The topological polar surface area (TPSA) is 73.9 Å². The zero-order valence-electron chi connectivity index (χ0n) is 17.9. The van der Waals surface area contributed by atoms with E-state index in [-0.39, 0.29) is 12.2 Å². The molecule has 29 heavy (non-hydrogen) atoms. The first-order valence-electron chi connectivity index (χ1n) is 9.57. The molecule has 0 spiro atoms. The molecule has 2 rings (SSSR count). The van der Waals surface area contributed by atoms with Crippen molar-refractivity contribution in [1.29, 1.82) is 0 Å². The Morgan fingerprint density at radius 3 is 2.24 bits per heavy atom. The summed E-state index contributed by atoms with van der Waals surface area (Å²) in [7, 11) is 1.51. The Labute approximate surface area is 172 Å². The van der Waals surface area contributed by atoms with Crippen LogP contribution in [0.1, 0.15) is 40.9 Å². The number of carbonyl (C=O) groups is 2. The fraction of sp³-hybridized carbons (Fsp3) is 0.391. The highest BCUT2D eigenvalue weighted by Gasteiger charge is 2.15. The van der Waals surface area contributed by atoms with Gasteiger partial charge in [0, 0.05) is 5.69 Å². The van der Waals surface area contributed by atoms with Gasteiger partial charge in [0.25, 0.3) is 5.91 Å². The van der Waals surface area contributed by atoms with Gasteiger partial charge in [-0.2, -0.15) is 0 Å². The first kappa shape index (κ1) is 22.3. The number of rotatable bonds is 8. The highest BCUT2D eigenvalue weighted by Crippen LogP contribution is 2.29. The van der Waals surface area contributed by atoms with Crippen molar-refractivity contribution in [3.8, 4) is 11.5 Å². The minimum absolute atomic E-state index is 0.286. The number of esters is 1. The van der Waals surface area contributed by atoms with Gasteiger partial charge in [-0.05, 0) is 56.0 Å². The summed E-state index contributed by atoms with van der Waals surface area (Å²) in [6, 6.07) is 8.78. The van der Waals surface area contributed by atoms with Crippen molar-refractivity contribution in [2.45, 2.75) is 34.6 Å². The Morgan fingerprint density at radius 1 is 1.00 bits per heavy atom. The molecule has 6 nitrogen and oxygen atoms in total. The molecular formula is C23H29NO5. The van der Waals surface area contributed by atoms with Gasteiger partial charge in [-0.1, -0.05) is 31.5 Å². The Bertz CT molecular complexity index is 866. The van der Waals surface area contributed by atoms with E-state index in [1.165, 1.54) is 7.11 Å². The number of anilines is 1. The van der Waals surface area contributed by atoms with Crippen LogP contribution < -0.4 is 14.8 Å². The molecule has 0 radical (unpaired) electrons. The number of carbonyl (C=O) groups excluding carboxylic acids is 2. The molecule has 0 unspecified atom stereocenters. The lowest BCUT2D eigenvalue weighted by Crippen LogP contribution is -2.22. The minimum atomic E-state index is -0.605. The van der Waals surface area contributed by atoms with Crippen molar-refractivity contribution in [1.82, 2.24) is 0 Å². The van der Waals surface area contributed by atoms with Gasteiger partial charge in [-0.25, -0.2) is 4.79 Å². The van der Waals surface area contributed by atoms with Gasteiger partial charge in [-0.3, -0.25) is 4.79 Å². The van der Waals surface area contributed by atoms with Crippen LogP contribution in [0.25, 0.3) is 0 Å². The van der Waals surface area contributed by atoms with Crippen molar-refractivity contribution < 1.29 is 23.8 Å². The molecule has 0 aliphatic rings. The van der Waals surface area contributed by atoms with Crippen LogP contribution >= 0.6 is 0 Å². The number of hydrogen-bond donors (Lipinski definition) is 1. The third-order valence-corrected chi connectivity index (χ3v) is 4.25. The van der Waals surface area contributed by atoms with E-state index in [4.69, 9.17) is 14.2 Å². The molecule has 2 aromatic carbocycles. The number of aryl methyl sites for hydroxylation is 3. The molecular weight excluding hydrogens is 370 g/mol. The summed E-state index contributed by atoms with van der Waals surface area (Å²) in [5.41, 5.74) is 4.08. The van der Waals surface area contributed by atoms with Gasteiger partial charge in [0.2, 0.25) is 0 Å². The lowest BCUT2D eigenvalue weighted by Gasteiger charge is -2.14. The summed E-state index contributed by atoms with van der Waals surface area (Å²) in [5, 5.41) is 2.81. The number of methoxy groups -OCH3 is 1. The van der Waals surface area contributed by atoms with Gasteiger partial charge in [0.1, 0.15) is 0 Å². The third kappa shape index (κ3) is 6.24. The summed E-state index contributed by atoms with van der Waals surface area (Å²) < 4.78 is 16.1. The second-order valence-electron chi connectivity index (χ2n) is 7.47. The molecule has 0 saturated heterocycles. The molecule has 0 saturated carbocycles. The molecule has 0 aliphatic carbocycles. The number of amides is 1. The zero-order chi connectivity index (χ0) is 21.6. The summed E-state index contributed by atoms with van der Waals surface area (Å²) in [4.78, 5) is 24.6. The van der Waals surface area contributed by atoms with E-state index in [0.29, 0.717) is 24.0 Å². The second kappa shape index (κ2) is 9.96. The number of ether oxygens (including phenoxy) is 3. The lowest BCUT2D eigenvalue weighted by atomic mass is 10.1. The third-order valence-electron chi connectivity index (χ3n) is 4.25. The maximum Gasteiger partial charge on any atom is 0.338 e. The molecule has 0 atom stereocenters. The van der Waals surface area contributed by atoms with Crippen LogP contribution in [0.4, 0.5) is 5.69 Å². The van der Waals surface area contributed by atoms with Gasteiger partial charge < -0.3 is 19.5 Å². The fourth-order valence-corrected chi connectivity index (χ4v) is 2.94. The minimum Gasteiger partial charge on any atom is -0.493 e. The quantitative estimate of drug-likeness (QED) is 0.664. The maximum atomic E-state index is 12.3. The Balaban J connectivity index is 1.99. The SMILES string of the molecule is COc1cc(C(=O)OCC(=O)Nc2c(C)cc(C)cc2C)ccc1OCC(C)C. The van der Waals surface area contributed by atoms with Crippen LogP contribution in [-0.2, 0) is 9.53 Å². The maximum absolute atomic E-state index is 12.3. The predicted octanol–water partition coefficient (Wildman–Crippen LogP) is 4.45. The van der Waals surface area contributed by atoms with Gasteiger partial charge in [0.15, 0.2) is 18.1 Å². The van der Waals surface area contributed by atoms with Crippen LogP contribution in [0.5, 0.6) is 11.5 Å². The summed E-state index contributed by atoms with van der Waals surface area (Å²) in [6.45, 7) is 10.1. The highest BCUT2D eigenvalue weighted by atomic mass is 16.5. The second-order valence-corrected chi connectivity index (χ2v) is 7.47. The largest absolute Gasteiger partial charge is 0.493 e. The van der Waals surface area contributed by atoms with Gasteiger partial charge in [0.05, 0.1) is 19.3 Å². The first-order chi connectivity index (χ1) is 13.7. The average Bonchev–Trinajstić information content (AvgIpc) is 2.67. The zero-order valence-corrected chi connectivity index (χ0v) is 17.9. The molecule has 0 aromatic heterocycles. The number of hydrogen-bond acceptors (Lipinski definition) is 5. The van der Waals surface area contributed by atoms with Crippen molar-refractivity contribution in [2.24, 2.45) is 5.92 Å². The van der Waals surface area contributed by atoms with E-state index >= 15 is 0 Å². The van der Waals surface area contributed by atoms with E-state index in [9.17, 15) is 9.59 Å². The normalized spacial score (nSPS) is 10.6. The monoisotopic (exact) mass is 399 g/mol. The molecule has 0 fully saturated rings. The fourth-order valence-electron chi connectivity index (χ4n) is 2.94. The highest BCUT2D eigenvalue weighted by molar-refractivity contribution is 5.96. The standard InChI is InChI=1S/C23H29NO5/c1-14(2)12-28-19-8-7-18(11-20(19)27-6)23(26)29-13-21(25)24-22-16(4)9-15(3)10-17(22)5/h7-11,14H,12-13H2,1-6H3,(H,24,25). The Hall–Kier alpha value is -3.02. The predicted molar refractivity (Wildman–Crippen MR) is 113 cm³/mol. The molecule has 156 valence electrons. The summed E-state index contributed by atoms with van der Waals surface area (Å²) >= 11 is 0. The molecule has 0 bridgehead atoms. The molecule has 1 amide bonds. The van der Waals surface area contributed by atoms with Crippen LogP contribution in [0.3, 0.4) is 0 Å². The molecule has 0 aliphatic heterocycles. The van der Waals surface area contributed by atoms with Crippen LogP contribution in [0, 0.1) is 26.7 Å². The van der Waals surface area contributed by atoms with Crippen molar-refractivity contribution in [3.63, 3.8) is 0 Å². The Kier molecular flexibility index (Phi) is 7.65. The molecule has 1 N–H and O–H groups in total. The molecule has 6 heteroatoms.